The number of carbonyl (C=O) groups excluding carboxylic acids is 1. The molecule has 0 aliphatic rings. The summed E-state index contributed by atoms with van der Waals surface area (Å²) in [7, 11) is 0. The number of non-ortho nitro benzene ring substituents is 1. The van der Waals surface area contributed by atoms with Gasteiger partial charge in [-0.05, 0) is 17.7 Å². The number of carbonyl (C=O) groups is 1. The maximum Gasteiger partial charge on any atom is 0.269 e. The number of ketones is 1. The molecule has 0 radical (unpaired) electrons. The van der Waals surface area contributed by atoms with Crippen LogP contribution in [0.2, 0.25) is 0 Å². The van der Waals surface area contributed by atoms with Crippen molar-refractivity contribution in [1.82, 2.24) is 0 Å². The van der Waals surface area contributed by atoms with Crippen LogP contribution in [0.1, 0.15) is 22.0 Å². The van der Waals surface area contributed by atoms with Crippen molar-refractivity contribution in [2.75, 3.05) is 0 Å². The van der Waals surface area contributed by atoms with Crippen LogP contribution in [0.15, 0.2) is 54.6 Å². The van der Waals surface area contributed by atoms with E-state index in [0.29, 0.717) is 11.1 Å². The molecule has 96 valence electrons. The number of nitro benzene ring substituents is 1. The summed E-state index contributed by atoms with van der Waals surface area (Å²) in [5.41, 5.74) is 0.649. The van der Waals surface area contributed by atoms with Crippen LogP contribution in [0.5, 0.6) is 0 Å². The van der Waals surface area contributed by atoms with Gasteiger partial charge in [0.05, 0.1) is 4.92 Å². The molecule has 19 heavy (non-hydrogen) atoms. The van der Waals surface area contributed by atoms with Crippen LogP contribution in [-0.4, -0.2) is 15.8 Å². The fourth-order valence-electron chi connectivity index (χ4n) is 1.69. The predicted molar refractivity (Wildman–Crippen MR) is 68.8 cm³/mol. The third-order valence-corrected chi connectivity index (χ3v) is 2.73. The van der Waals surface area contributed by atoms with Crippen molar-refractivity contribution < 1.29 is 14.8 Å². The van der Waals surface area contributed by atoms with Crippen LogP contribution in [-0.2, 0) is 0 Å². The first-order valence-electron chi connectivity index (χ1n) is 5.61. The lowest BCUT2D eigenvalue weighted by molar-refractivity contribution is -0.384. The van der Waals surface area contributed by atoms with Gasteiger partial charge < -0.3 is 5.11 Å². The van der Waals surface area contributed by atoms with Crippen molar-refractivity contribution in [2.24, 2.45) is 0 Å². The molecule has 5 nitrogen and oxygen atoms in total. The van der Waals surface area contributed by atoms with Crippen LogP contribution in [0, 0.1) is 10.1 Å². The van der Waals surface area contributed by atoms with Crippen LogP contribution in [0.25, 0.3) is 0 Å². The Balaban J connectivity index is 2.22. The molecule has 0 saturated heterocycles. The third kappa shape index (κ3) is 2.83. The first-order valence-corrected chi connectivity index (χ1v) is 5.61. The fourth-order valence-corrected chi connectivity index (χ4v) is 1.69. The average molecular weight is 257 g/mol. The summed E-state index contributed by atoms with van der Waals surface area (Å²) in [5, 5.41) is 20.5. The molecule has 0 bridgehead atoms. The summed E-state index contributed by atoms with van der Waals surface area (Å²) in [4.78, 5) is 22.0. The minimum absolute atomic E-state index is 0.0805. The van der Waals surface area contributed by atoms with Gasteiger partial charge in [-0.1, -0.05) is 30.3 Å². The van der Waals surface area contributed by atoms with Crippen LogP contribution in [0.3, 0.4) is 0 Å². The number of hydrogen-bond donors (Lipinski definition) is 1. The maximum atomic E-state index is 12.0. The summed E-state index contributed by atoms with van der Waals surface area (Å²) < 4.78 is 0. The van der Waals surface area contributed by atoms with Crippen molar-refractivity contribution in [3.8, 4) is 0 Å². The van der Waals surface area contributed by atoms with Gasteiger partial charge in [0.15, 0.2) is 5.78 Å². The van der Waals surface area contributed by atoms with E-state index in [1.807, 2.05) is 0 Å². The molecule has 2 rings (SSSR count). The van der Waals surface area contributed by atoms with Gasteiger partial charge in [-0.2, -0.15) is 0 Å². The number of aliphatic hydroxyl groups is 1. The third-order valence-electron chi connectivity index (χ3n) is 2.73. The number of Topliss-reactive ketones (excluding diaryl/α,β-unsaturated/α-hetero) is 1. The number of benzene rings is 2. The number of rotatable bonds is 4. The lowest BCUT2D eigenvalue weighted by Gasteiger charge is -2.09. The van der Waals surface area contributed by atoms with E-state index in [1.54, 1.807) is 30.3 Å². The van der Waals surface area contributed by atoms with Gasteiger partial charge in [0.25, 0.3) is 5.69 Å². The topological polar surface area (TPSA) is 80.4 Å². The van der Waals surface area contributed by atoms with Crippen LogP contribution in [0.4, 0.5) is 5.69 Å². The van der Waals surface area contributed by atoms with Gasteiger partial charge >= 0.3 is 0 Å². The zero-order valence-electron chi connectivity index (χ0n) is 9.89. The van der Waals surface area contributed by atoms with Gasteiger partial charge in [0.1, 0.15) is 6.10 Å². The molecule has 0 aliphatic heterocycles. The summed E-state index contributed by atoms with van der Waals surface area (Å²) >= 11 is 0. The second kappa shape index (κ2) is 5.41. The molecule has 0 aromatic heterocycles. The highest BCUT2D eigenvalue weighted by Gasteiger charge is 2.19. The van der Waals surface area contributed by atoms with Crippen molar-refractivity contribution in [3.63, 3.8) is 0 Å². The smallest absolute Gasteiger partial charge is 0.269 e. The van der Waals surface area contributed by atoms with E-state index in [2.05, 4.69) is 0 Å². The Bertz CT molecular complexity index is 593. The van der Waals surface area contributed by atoms with Crippen molar-refractivity contribution in [3.05, 3.63) is 75.8 Å². The first-order chi connectivity index (χ1) is 9.09. The fraction of sp³-hybridized carbons (Fsp3) is 0.0714. The van der Waals surface area contributed by atoms with Crippen LogP contribution >= 0.6 is 0 Å². The summed E-state index contributed by atoms with van der Waals surface area (Å²) in [6, 6.07) is 13.7. The summed E-state index contributed by atoms with van der Waals surface area (Å²) in [5.74, 6) is -0.436. The number of nitrogens with zero attached hydrogens (tertiary/aromatic N) is 1. The van der Waals surface area contributed by atoms with E-state index in [-0.39, 0.29) is 5.69 Å². The van der Waals surface area contributed by atoms with E-state index in [4.69, 9.17) is 0 Å². The normalized spacial score (nSPS) is 11.8. The van der Waals surface area contributed by atoms with Gasteiger partial charge in [0, 0.05) is 17.7 Å². The second-order valence-electron chi connectivity index (χ2n) is 3.98. The molecular weight excluding hydrogens is 246 g/mol. The molecule has 0 spiro atoms. The average Bonchev–Trinajstić information content (AvgIpc) is 2.46. The zero-order valence-corrected chi connectivity index (χ0v) is 9.89. The lowest BCUT2D eigenvalue weighted by Crippen LogP contribution is -2.12. The number of hydrogen-bond acceptors (Lipinski definition) is 4. The Morgan fingerprint density at radius 3 is 2.16 bits per heavy atom. The molecule has 0 heterocycles. The summed E-state index contributed by atoms with van der Waals surface area (Å²) in [6.07, 6.45) is -1.32. The second-order valence-corrected chi connectivity index (χ2v) is 3.98. The largest absolute Gasteiger partial charge is 0.380 e. The highest BCUT2D eigenvalue weighted by molar-refractivity contribution is 5.99. The molecule has 0 aliphatic carbocycles. The summed E-state index contributed by atoms with van der Waals surface area (Å²) in [6.45, 7) is 0. The van der Waals surface area contributed by atoms with E-state index in [0.717, 1.165) is 0 Å². The molecule has 1 unspecified atom stereocenters. The minimum Gasteiger partial charge on any atom is -0.380 e. The Hall–Kier alpha value is -2.53. The van der Waals surface area contributed by atoms with Crippen molar-refractivity contribution >= 4 is 11.5 Å². The van der Waals surface area contributed by atoms with E-state index in [1.165, 1.54) is 24.3 Å². The van der Waals surface area contributed by atoms with E-state index < -0.39 is 16.8 Å². The maximum absolute atomic E-state index is 12.0. The standard InChI is InChI=1S/C14H11NO4/c16-13(10-4-2-1-3-5-10)14(17)11-6-8-12(9-7-11)15(18)19/h1-9,14,17H. The Labute approximate surface area is 109 Å². The van der Waals surface area contributed by atoms with Gasteiger partial charge in [-0.15, -0.1) is 0 Å². The lowest BCUT2D eigenvalue weighted by atomic mass is 10.00. The molecule has 0 fully saturated rings. The number of nitro groups is 1. The van der Waals surface area contributed by atoms with Gasteiger partial charge in [-0.3, -0.25) is 14.9 Å². The minimum atomic E-state index is -1.32. The van der Waals surface area contributed by atoms with Crippen molar-refractivity contribution in [2.45, 2.75) is 6.10 Å². The van der Waals surface area contributed by atoms with E-state index in [9.17, 15) is 20.0 Å². The molecule has 2 aromatic carbocycles. The predicted octanol–water partition coefficient (Wildman–Crippen LogP) is 2.51. The van der Waals surface area contributed by atoms with Gasteiger partial charge in [-0.25, -0.2) is 0 Å². The molecule has 0 saturated carbocycles. The van der Waals surface area contributed by atoms with Crippen molar-refractivity contribution in [1.29, 1.82) is 0 Å². The molecular formula is C14H11NO4. The van der Waals surface area contributed by atoms with Gasteiger partial charge in [0.2, 0.25) is 0 Å². The molecule has 1 atom stereocenters. The van der Waals surface area contributed by atoms with E-state index >= 15 is 0 Å². The molecule has 5 heteroatoms. The SMILES string of the molecule is O=C(c1ccccc1)C(O)c1ccc([N+](=O)[O-])cc1. The highest BCUT2D eigenvalue weighted by Crippen LogP contribution is 2.21. The zero-order chi connectivity index (χ0) is 13.8. The van der Waals surface area contributed by atoms with Crippen LogP contribution < -0.4 is 0 Å². The molecule has 2 aromatic rings. The highest BCUT2D eigenvalue weighted by atomic mass is 16.6. The Morgan fingerprint density at radius 1 is 1.05 bits per heavy atom. The Kier molecular flexibility index (Phi) is 3.68. The quantitative estimate of drug-likeness (QED) is 0.518. The molecule has 0 amide bonds. The first kappa shape index (κ1) is 12.9. The Morgan fingerprint density at radius 2 is 1.63 bits per heavy atom. The number of aliphatic hydroxyl groups excluding tert-OH is 1. The monoisotopic (exact) mass is 257 g/mol. The molecule has 1 N–H and O–H groups in total.